The Labute approximate surface area is 185 Å². The van der Waals surface area contributed by atoms with E-state index in [0.717, 1.165) is 57.0 Å². The van der Waals surface area contributed by atoms with Crippen molar-refractivity contribution in [3.05, 3.63) is 35.6 Å². The van der Waals surface area contributed by atoms with Crippen molar-refractivity contribution in [2.24, 2.45) is 10.9 Å². The zero-order valence-electron chi connectivity index (χ0n) is 17.0. The van der Waals surface area contributed by atoms with E-state index < -0.39 is 0 Å². The molecular weight excluding hydrogens is 472 g/mol. The second kappa shape index (κ2) is 11.3. The summed E-state index contributed by atoms with van der Waals surface area (Å²) in [4.78, 5) is 7.26. The van der Waals surface area contributed by atoms with Crippen molar-refractivity contribution < 1.29 is 13.9 Å². The standard InChI is InChI=1S/C21H32FN3O2.HI/c1-3-23-20(25-10-7-17(14-25)15-27-12-11-26-2)24-16-21(8-9-21)18-5-4-6-19(22)13-18;/h4-6,13,17H,3,7-12,14-16H2,1-2H3,(H,23,24);1H. The first-order valence-corrected chi connectivity index (χ1v) is 10.0. The normalized spacial score (nSPS) is 20.8. The Morgan fingerprint density at radius 3 is 2.86 bits per heavy atom. The SMILES string of the molecule is CCNC(=NCC1(c2cccc(F)c2)CC1)N1CCC(COCCOC)C1.I. The largest absolute Gasteiger partial charge is 0.382 e. The number of nitrogens with one attached hydrogen (secondary N) is 1. The zero-order chi connectivity index (χ0) is 19.1. The molecule has 1 aliphatic carbocycles. The first kappa shape index (κ1) is 23.3. The van der Waals surface area contributed by atoms with E-state index in [0.29, 0.717) is 25.7 Å². The second-order valence-electron chi connectivity index (χ2n) is 7.63. The topological polar surface area (TPSA) is 46.1 Å². The van der Waals surface area contributed by atoms with Crippen molar-refractivity contribution in [2.45, 2.75) is 31.6 Å². The average Bonchev–Trinajstić information content (AvgIpc) is 3.32. The Bertz CT molecular complexity index is 640. The van der Waals surface area contributed by atoms with Crippen LogP contribution in [0.2, 0.25) is 0 Å². The average molecular weight is 505 g/mol. The molecule has 0 aromatic heterocycles. The first-order chi connectivity index (χ1) is 13.2. The van der Waals surface area contributed by atoms with Gasteiger partial charge in [0.05, 0.1) is 26.4 Å². The van der Waals surface area contributed by atoms with Crippen LogP contribution in [-0.2, 0) is 14.9 Å². The lowest BCUT2D eigenvalue weighted by atomic mass is 9.96. The predicted octanol–water partition coefficient (Wildman–Crippen LogP) is 3.43. The van der Waals surface area contributed by atoms with Crippen LogP contribution in [-0.4, -0.2) is 64.0 Å². The fraction of sp³-hybridized carbons (Fsp3) is 0.667. The number of ether oxygens (including phenoxy) is 2. The van der Waals surface area contributed by atoms with E-state index in [2.05, 4.69) is 17.1 Å². The van der Waals surface area contributed by atoms with Gasteiger partial charge in [0, 0.05) is 38.1 Å². The van der Waals surface area contributed by atoms with E-state index in [1.807, 2.05) is 6.07 Å². The third-order valence-corrected chi connectivity index (χ3v) is 5.53. The number of likely N-dealkylation sites (tertiary alicyclic amines) is 1. The van der Waals surface area contributed by atoms with Gasteiger partial charge in [-0.3, -0.25) is 4.99 Å². The van der Waals surface area contributed by atoms with Gasteiger partial charge in [-0.25, -0.2) is 4.39 Å². The molecule has 1 saturated heterocycles. The van der Waals surface area contributed by atoms with Crippen molar-refractivity contribution in [3.8, 4) is 0 Å². The van der Waals surface area contributed by atoms with Gasteiger partial charge < -0.3 is 19.7 Å². The van der Waals surface area contributed by atoms with Crippen LogP contribution in [0.15, 0.2) is 29.3 Å². The monoisotopic (exact) mass is 505 g/mol. The number of rotatable bonds is 9. The molecule has 1 aromatic rings. The van der Waals surface area contributed by atoms with Crippen molar-refractivity contribution in [1.29, 1.82) is 0 Å². The number of guanidine groups is 1. The van der Waals surface area contributed by atoms with Gasteiger partial charge in [0.1, 0.15) is 5.82 Å². The maximum atomic E-state index is 13.6. The minimum absolute atomic E-state index is 0. The highest BCUT2D eigenvalue weighted by Crippen LogP contribution is 2.48. The minimum Gasteiger partial charge on any atom is -0.382 e. The van der Waals surface area contributed by atoms with Gasteiger partial charge in [-0.05, 0) is 43.9 Å². The summed E-state index contributed by atoms with van der Waals surface area (Å²) in [5.41, 5.74) is 1.10. The molecule has 3 rings (SSSR count). The zero-order valence-corrected chi connectivity index (χ0v) is 19.3. The van der Waals surface area contributed by atoms with Crippen LogP contribution in [0.4, 0.5) is 4.39 Å². The highest BCUT2D eigenvalue weighted by atomic mass is 127. The Balaban J connectivity index is 0.00000280. The van der Waals surface area contributed by atoms with Crippen LogP contribution >= 0.6 is 24.0 Å². The number of hydrogen-bond donors (Lipinski definition) is 1. The van der Waals surface area contributed by atoms with Crippen molar-refractivity contribution in [1.82, 2.24) is 10.2 Å². The molecule has 0 spiro atoms. The van der Waals surface area contributed by atoms with Crippen LogP contribution < -0.4 is 5.32 Å². The molecule has 1 saturated carbocycles. The molecule has 1 aliphatic heterocycles. The molecule has 1 aromatic carbocycles. The van der Waals surface area contributed by atoms with E-state index in [1.54, 1.807) is 19.2 Å². The molecule has 1 unspecified atom stereocenters. The third kappa shape index (κ3) is 6.29. The predicted molar refractivity (Wildman–Crippen MR) is 121 cm³/mol. The van der Waals surface area contributed by atoms with Crippen molar-refractivity contribution in [2.75, 3.05) is 53.1 Å². The van der Waals surface area contributed by atoms with Gasteiger partial charge in [0.15, 0.2) is 5.96 Å². The van der Waals surface area contributed by atoms with Crippen LogP contribution in [0.1, 0.15) is 31.7 Å². The molecule has 5 nitrogen and oxygen atoms in total. The lowest BCUT2D eigenvalue weighted by Crippen LogP contribution is -2.40. The summed E-state index contributed by atoms with van der Waals surface area (Å²) in [6, 6.07) is 7.00. The fourth-order valence-corrected chi connectivity index (χ4v) is 3.71. The molecule has 1 N–H and O–H groups in total. The summed E-state index contributed by atoms with van der Waals surface area (Å²) in [5, 5.41) is 3.43. The van der Waals surface area contributed by atoms with E-state index in [-0.39, 0.29) is 35.2 Å². The van der Waals surface area contributed by atoms with Crippen LogP contribution in [0.25, 0.3) is 0 Å². The molecular formula is C21H33FIN3O2. The van der Waals surface area contributed by atoms with Gasteiger partial charge in [-0.1, -0.05) is 12.1 Å². The van der Waals surface area contributed by atoms with Crippen molar-refractivity contribution >= 4 is 29.9 Å². The number of hydrogen-bond acceptors (Lipinski definition) is 3. The first-order valence-electron chi connectivity index (χ1n) is 10.0. The number of methoxy groups -OCH3 is 1. The summed E-state index contributed by atoms with van der Waals surface area (Å²) in [7, 11) is 1.69. The summed E-state index contributed by atoms with van der Waals surface area (Å²) in [6.45, 7) is 7.67. The van der Waals surface area contributed by atoms with Crippen LogP contribution in [0.3, 0.4) is 0 Å². The maximum absolute atomic E-state index is 13.6. The van der Waals surface area contributed by atoms with Crippen LogP contribution in [0.5, 0.6) is 0 Å². The molecule has 0 bridgehead atoms. The van der Waals surface area contributed by atoms with Gasteiger partial charge in [0.2, 0.25) is 0 Å². The summed E-state index contributed by atoms with van der Waals surface area (Å²) in [5.74, 6) is 1.34. The molecule has 0 amide bonds. The van der Waals surface area contributed by atoms with E-state index in [4.69, 9.17) is 14.5 Å². The summed E-state index contributed by atoms with van der Waals surface area (Å²) < 4.78 is 24.3. The smallest absolute Gasteiger partial charge is 0.193 e. The number of halogens is 2. The Morgan fingerprint density at radius 2 is 2.18 bits per heavy atom. The van der Waals surface area contributed by atoms with E-state index >= 15 is 0 Å². The molecule has 158 valence electrons. The number of benzene rings is 1. The minimum atomic E-state index is -0.162. The second-order valence-corrected chi connectivity index (χ2v) is 7.63. The number of nitrogens with zero attached hydrogens (tertiary/aromatic N) is 2. The highest BCUT2D eigenvalue weighted by molar-refractivity contribution is 14.0. The summed E-state index contributed by atoms with van der Waals surface area (Å²) >= 11 is 0. The quantitative estimate of drug-likeness (QED) is 0.242. The third-order valence-electron chi connectivity index (χ3n) is 5.53. The Hall–Kier alpha value is -0.930. The molecule has 2 fully saturated rings. The molecule has 1 heterocycles. The van der Waals surface area contributed by atoms with Gasteiger partial charge >= 0.3 is 0 Å². The number of aliphatic imine (C=N–C) groups is 1. The van der Waals surface area contributed by atoms with E-state index in [9.17, 15) is 4.39 Å². The lowest BCUT2D eigenvalue weighted by Gasteiger charge is -2.23. The van der Waals surface area contributed by atoms with Gasteiger partial charge in [-0.15, -0.1) is 24.0 Å². The summed E-state index contributed by atoms with van der Waals surface area (Å²) in [6.07, 6.45) is 3.27. The Morgan fingerprint density at radius 1 is 1.36 bits per heavy atom. The highest BCUT2D eigenvalue weighted by Gasteiger charge is 2.44. The molecule has 7 heteroatoms. The van der Waals surface area contributed by atoms with E-state index in [1.165, 1.54) is 6.07 Å². The lowest BCUT2D eigenvalue weighted by molar-refractivity contribution is 0.0536. The van der Waals surface area contributed by atoms with Gasteiger partial charge in [-0.2, -0.15) is 0 Å². The Kier molecular flexibility index (Phi) is 9.43. The molecule has 1 atom stereocenters. The molecule has 28 heavy (non-hydrogen) atoms. The van der Waals surface area contributed by atoms with Gasteiger partial charge in [0.25, 0.3) is 0 Å². The molecule has 2 aliphatic rings. The van der Waals surface area contributed by atoms with Crippen LogP contribution in [0, 0.1) is 11.7 Å². The fourth-order valence-electron chi connectivity index (χ4n) is 3.71. The molecule has 0 radical (unpaired) electrons. The van der Waals surface area contributed by atoms with Crippen molar-refractivity contribution in [3.63, 3.8) is 0 Å². The maximum Gasteiger partial charge on any atom is 0.193 e.